The first-order valence-electron chi connectivity index (χ1n) is 8.44. The quantitative estimate of drug-likeness (QED) is 0.718. The van der Waals surface area contributed by atoms with Gasteiger partial charge in [-0.1, -0.05) is 30.0 Å². The monoisotopic (exact) mass is 424 g/mol. The second-order valence-corrected chi connectivity index (χ2v) is 7.79. The van der Waals surface area contributed by atoms with E-state index in [1.807, 2.05) is 0 Å². The largest absolute Gasteiger partial charge is 0.417 e. The summed E-state index contributed by atoms with van der Waals surface area (Å²) in [5.74, 6) is -0.705. The molecule has 6 nitrogen and oxygen atoms in total. The predicted octanol–water partition coefficient (Wildman–Crippen LogP) is 1.75. The molecule has 0 radical (unpaired) electrons. The van der Waals surface area contributed by atoms with Gasteiger partial charge in [-0.05, 0) is 6.07 Å². The SMILES string of the molecule is CN(C)C1=N[C@@H]2[C@@H](O)[C@H](O)[C@@H]([C@H](OCc3ccccc3F)C(F)(F)F)O[C@@H]2S1. The molecule has 1 fully saturated rings. The third-order valence-corrected chi connectivity index (χ3v) is 5.77. The average molecular weight is 424 g/mol. The second-order valence-electron chi connectivity index (χ2n) is 6.73. The van der Waals surface area contributed by atoms with E-state index >= 15 is 0 Å². The van der Waals surface area contributed by atoms with Crippen LogP contribution in [-0.4, -0.2) is 76.4 Å². The molecule has 0 aromatic heterocycles. The fraction of sp³-hybridized carbons (Fsp3) is 0.588. The summed E-state index contributed by atoms with van der Waals surface area (Å²) in [5.41, 5.74) is -0.961. The lowest BCUT2D eigenvalue weighted by molar-refractivity contribution is -0.287. The number of alkyl halides is 3. The van der Waals surface area contributed by atoms with Crippen LogP contribution in [0.15, 0.2) is 29.3 Å². The van der Waals surface area contributed by atoms with Gasteiger partial charge in [0, 0.05) is 19.7 Å². The van der Waals surface area contributed by atoms with Crippen LogP contribution in [0.2, 0.25) is 0 Å². The van der Waals surface area contributed by atoms with Crippen LogP contribution < -0.4 is 0 Å². The van der Waals surface area contributed by atoms with Crippen molar-refractivity contribution in [2.24, 2.45) is 4.99 Å². The van der Waals surface area contributed by atoms with Gasteiger partial charge in [-0.15, -0.1) is 0 Å². The third kappa shape index (κ3) is 4.28. The van der Waals surface area contributed by atoms with Crippen molar-refractivity contribution in [3.63, 3.8) is 0 Å². The van der Waals surface area contributed by atoms with Crippen LogP contribution >= 0.6 is 11.8 Å². The number of nitrogens with zero attached hydrogens (tertiary/aromatic N) is 2. The Bertz CT molecular complexity index is 733. The van der Waals surface area contributed by atoms with Crippen molar-refractivity contribution in [2.45, 2.75) is 48.7 Å². The number of amidine groups is 1. The molecule has 2 N–H and O–H groups in total. The van der Waals surface area contributed by atoms with Gasteiger partial charge in [0.05, 0.1) is 6.61 Å². The number of aliphatic imine (C=N–C) groups is 1. The standard InChI is InChI=1S/C17H20F4N2O4S/c1-23(2)16-22-10-11(24)12(25)13(27-15(10)28-16)14(17(19,20)21)26-7-8-5-3-4-6-9(8)18/h3-6,10-15,24-25H,7H2,1-2H3/t10-,11-,12+,13+,14+,15-/m1/s1. The maximum absolute atomic E-state index is 13.7. The molecular weight excluding hydrogens is 404 g/mol. The Morgan fingerprint density at radius 1 is 1.25 bits per heavy atom. The van der Waals surface area contributed by atoms with Crippen molar-refractivity contribution in [2.75, 3.05) is 14.1 Å². The molecule has 3 rings (SSSR count). The van der Waals surface area contributed by atoms with E-state index in [1.54, 1.807) is 19.0 Å². The molecule has 0 amide bonds. The molecule has 6 atom stereocenters. The normalized spacial score (nSPS) is 31.3. The van der Waals surface area contributed by atoms with Gasteiger partial charge in [0.15, 0.2) is 11.3 Å². The van der Waals surface area contributed by atoms with Crippen molar-refractivity contribution < 1.29 is 37.2 Å². The number of ether oxygens (including phenoxy) is 2. The first-order valence-corrected chi connectivity index (χ1v) is 9.32. The van der Waals surface area contributed by atoms with E-state index < -0.39 is 54.5 Å². The summed E-state index contributed by atoms with van der Waals surface area (Å²) in [5, 5.41) is 21.1. The zero-order valence-electron chi connectivity index (χ0n) is 15.0. The van der Waals surface area contributed by atoms with Gasteiger partial charge in [0.2, 0.25) is 0 Å². The molecule has 2 aliphatic rings. The van der Waals surface area contributed by atoms with Crippen LogP contribution in [0.5, 0.6) is 0 Å². The average Bonchev–Trinajstić information content (AvgIpc) is 3.04. The van der Waals surface area contributed by atoms with E-state index in [-0.39, 0.29) is 5.56 Å². The van der Waals surface area contributed by atoms with E-state index in [4.69, 9.17) is 9.47 Å². The lowest BCUT2D eigenvalue weighted by Crippen LogP contribution is -2.61. The molecule has 0 aliphatic carbocycles. The number of benzene rings is 1. The molecular formula is C17H20F4N2O4S. The van der Waals surface area contributed by atoms with Gasteiger partial charge >= 0.3 is 6.18 Å². The minimum Gasteiger partial charge on any atom is -0.388 e. The molecule has 0 spiro atoms. The lowest BCUT2D eigenvalue weighted by atomic mass is 9.94. The molecule has 1 aromatic carbocycles. The fourth-order valence-corrected chi connectivity index (χ4v) is 4.16. The van der Waals surface area contributed by atoms with E-state index in [9.17, 15) is 27.8 Å². The highest BCUT2D eigenvalue weighted by atomic mass is 32.2. The fourth-order valence-electron chi connectivity index (χ4n) is 3.01. The van der Waals surface area contributed by atoms with E-state index in [0.29, 0.717) is 5.17 Å². The summed E-state index contributed by atoms with van der Waals surface area (Å²) >= 11 is 1.06. The molecule has 11 heteroatoms. The van der Waals surface area contributed by atoms with Gasteiger partial charge in [-0.3, -0.25) is 4.99 Å². The van der Waals surface area contributed by atoms with Crippen LogP contribution in [-0.2, 0) is 16.1 Å². The molecule has 1 aromatic rings. The molecule has 156 valence electrons. The summed E-state index contributed by atoms with van der Waals surface area (Å²) in [6.07, 6.45) is -12.8. The van der Waals surface area contributed by atoms with Crippen molar-refractivity contribution >= 4 is 16.9 Å². The molecule has 0 unspecified atom stereocenters. The highest BCUT2D eigenvalue weighted by Gasteiger charge is 2.57. The Balaban J connectivity index is 1.78. The van der Waals surface area contributed by atoms with Gasteiger partial charge in [0.1, 0.15) is 35.6 Å². The number of aliphatic hydroxyl groups is 2. The van der Waals surface area contributed by atoms with Crippen molar-refractivity contribution in [1.82, 2.24) is 4.90 Å². The first-order chi connectivity index (χ1) is 13.1. The highest BCUT2D eigenvalue weighted by Crippen LogP contribution is 2.41. The summed E-state index contributed by atoms with van der Waals surface area (Å²) < 4.78 is 65.0. The number of aliphatic hydroxyl groups excluding tert-OH is 2. The van der Waals surface area contributed by atoms with Crippen LogP contribution in [0.1, 0.15) is 5.56 Å². The zero-order valence-corrected chi connectivity index (χ0v) is 15.8. The number of rotatable bonds is 4. The summed E-state index contributed by atoms with van der Waals surface area (Å²) in [6.45, 7) is -0.666. The van der Waals surface area contributed by atoms with Crippen molar-refractivity contribution in [3.05, 3.63) is 35.6 Å². The van der Waals surface area contributed by atoms with E-state index in [0.717, 1.165) is 17.8 Å². The molecule has 2 heterocycles. The Labute approximate surface area is 163 Å². The number of fused-ring (bicyclic) bond motifs is 1. The van der Waals surface area contributed by atoms with Crippen LogP contribution in [0, 0.1) is 5.82 Å². The van der Waals surface area contributed by atoms with Crippen LogP contribution in [0.25, 0.3) is 0 Å². The first kappa shape index (κ1) is 21.3. The van der Waals surface area contributed by atoms with Gasteiger partial charge in [-0.2, -0.15) is 13.2 Å². The maximum atomic E-state index is 13.7. The molecule has 0 bridgehead atoms. The topological polar surface area (TPSA) is 74.5 Å². The van der Waals surface area contributed by atoms with E-state index in [2.05, 4.69) is 4.99 Å². The summed E-state index contributed by atoms with van der Waals surface area (Å²) in [7, 11) is 3.39. The molecule has 1 saturated heterocycles. The van der Waals surface area contributed by atoms with E-state index in [1.165, 1.54) is 18.2 Å². The van der Waals surface area contributed by atoms with Gasteiger partial charge in [-0.25, -0.2) is 4.39 Å². The molecule has 28 heavy (non-hydrogen) atoms. The Morgan fingerprint density at radius 3 is 2.54 bits per heavy atom. The summed E-state index contributed by atoms with van der Waals surface area (Å²) in [6, 6.07) is 4.39. The second kappa shape index (κ2) is 8.15. The van der Waals surface area contributed by atoms with Crippen LogP contribution in [0.4, 0.5) is 17.6 Å². The van der Waals surface area contributed by atoms with Crippen molar-refractivity contribution in [1.29, 1.82) is 0 Å². The smallest absolute Gasteiger partial charge is 0.388 e. The number of hydrogen-bond donors (Lipinski definition) is 2. The van der Waals surface area contributed by atoms with Gasteiger partial charge in [0.25, 0.3) is 0 Å². The van der Waals surface area contributed by atoms with Crippen LogP contribution in [0.3, 0.4) is 0 Å². The minimum absolute atomic E-state index is 0.0612. The minimum atomic E-state index is -4.90. The van der Waals surface area contributed by atoms with Crippen molar-refractivity contribution in [3.8, 4) is 0 Å². The highest BCUT2D eigenvalue weighted by molar-refractivity contribution is 8.14. The zero-order chi connectivity index (χ0) is 20.6. The van der Waals surface area contributed by atoms with Gasteiger partial charge < -0.3 is 24.6 Å². The number of halogens is 4. The number of thioether (sulfide) groups is 1. The summed E-state index contributed by atoms with van der Waals surface area (Å²) in [4.78, 5) is 5.84. The Kier molecular flexibility index (Phi) is 6.20. The maximum Gasteiger partial charge on any atom is 0.417 e. The number of hydrogen-bond acceptors (Lipinski definition) is 7. The molecule has 2 aliphatic heterocycles. The Morgan fingerprint density at radius 2 is 1.93 bits per heavy atom. The molecule has 0 saturated carbocycles. The lowest BCUT2D eigenvalue weighted by Gasteiger charge is -2.41. The Hall–Kier alpha value is -1.40. The third-order valence-electron chi connectivity index (χ3n) is 4.47. The predicted molar refractivity (Wildman–Crippen MR) is 94.2 cm³/mol.